The van der Waals surface area contributed by atoms with Crippen molar-refractivity contribution in [3.8, 4) is 28.1 Å². The van der Waals surface area contributed by atoms with Gasteiger partial charge in [0.25, 0.3) is 0 Å². The van der Waals surface area contributed by atoms with Crippen LogP contribution >= 0.6 is 11.3 Å². The van der Waals surface area contributed by atoms with Crippen molar-refractivity contribution < 1.29 is 0 Å². The Morgan fingerprint density at radius 3 is 1.70 bits per heavy atom. The van der Waals surface area contributed by atoms with E-state index < -0.39 is 0 Å². The van der Waals surface area contributed by atoms with E-state index >= 15 is 0 Å². The van der Waals surface area contributed by atoms with E-state index in [0.29, 0.717) is 0 Å². The molecular formula is C49H29N3S. The zero-order chi connectivity index (χ0) is 34.6. The van der Waals surface area contributed by atoms with Crippen LogP contribution in [0.2, 0.25) is 0 Å². The van der Waals surface area contributed by atoms with Crippen molar-refractivity contribution in [1.82, 2.24) is 14.0 Å². The van der Waals surface area contributed by atoms with Gasteiger partial charge in [-0.3, -0.25) is 4.40 Å². The largest absolute Gasteiger partial charge is 0.309 e. The van der Waals surface area contributed by atoms with E-state index in [-0.39, 0.29) is 0 Å². The van der Waals surface area contributed by atoms with E-state index in [2.05, 4.69) is 185 Å². The number of aromatic nitrogens is 3. The predicted octanol–water partition coefficient (Wildman–Crippen LogP) is 13.6. The second-order valence-electron chi connectivity index (χ2n) is 14.0. The molecule has 246 valence electrons. The minimum atomic E-state index is 1.01. The van der Waals surface area contributed by atoms with E-state index in [1.807, 2.05) is 11.3 Å². The number of pyridine rings is 1. The molecule has 53 heavy (non-hydrogen) atoms. The van der Waals surface area contributed by atoms with E-state index in [0.717, 1.165) is 33.6 Å². The predicted molar refractivity (Wildman–Crippen MR) is 226 cm³/mol. The van der Waals surface area contributed by atoms with Crippen molar-refractivity contribution in [2.24, 2.45) is 0 Å². The Morgan fingerprint density at radius 2 is 0.981 bits per heavy atom. The molecule has 0 aliphatic carbocycles. The number of hydrogen-bond donors (Lipinski definition) is 0. The van der Waals surface area contributed by atoms with Crippen LogP contribution < -0.4 is 0 Å². The lowest BCUT2D eigenvalue weighted by Crippen LogP contribution is -1.94. The fraction of sp³-hybridized carbons (Fsp3) is 0. The Kier molecular flexibility index (Phi) is 5.93. The quantitative estimate of drug-likeness (QED) is 0.181. The van der Waals surface area contributed by atoms with Gasteiger partial charge in [-0.05, 0) is 80.7 Å². The fourth-order valence-corrected chi connectivity index (χ4v) is 9.86. The number of hydrogen-bond acceptors (Lipinski definition) is 2. The number of para-hydroxylation sites is 2. The average Bonchev–Trinajstić information content (AvgIpc) is 3.90. The van der Waals surface area contributed by atoms with E-state index in [1.165, 1.54) is 74.6 Å². The molecule has 4 heteroatoms. The standard InChI is InChI=1S/C49H29N3S/c1-2-11-35-28-46-42(27-34(35)10-1)50-49-48-41(40-26-23-32-9-3-4-12-37(32)47(40)53-48)29-45(52(46)49)33-19-17-30(18-20-33)31-21-24-36(25-22-31)51-43-15-7-5-13-38(43)39-14-6-8-16-44(39)51/h1-29H. The minimum absolute atomic E-state index is 1.01. The highest BCUT2D eigenvalue weighted by Crippen LogP contribution is 2.43. The number of thiophene rings is 1. The van der Waals surface area contributed by atoms with Gasteiger partial charge in [0.2, 0.25) is 0 Å². The van der Waals surface area contributed by atoms with Gasteiger partial charge in [-0.25, -0.2) is 4.98 Å². The molecule has 0 atom stereocenters. The molecule has 0 aliphatic heterocycles. The zero-order valence-electron chi connectivity index (χ0n) is 28.5. The van der Waals surface area contributed by atoms with Crippen molar-refractivity contribution >= 4 is 91.5 Å². The van der Waals surface area contributed by atoms with Crippen LogP contribution in [0.15, 0.2) is 176 Å². The van der Waals surface area contributed by atoms with Gasteiger partial charge in [-0.1, -0.05) is 133 Å². The first-order valence-electron chi connectivity index (χ1n) is 18.0. The van der Waals surface area contributed by atoms with Gasteiger partial charge in [-0.15, -0.1) is 11.3 Å². The lowest BCUT2D eigenvalue weighted by atomic mass is 10.0. The highest BCUT2D eigenvalue weighted by Gasteiger charge is 2.19. The zero-order valence-corrected chi connectivity index (χ0v) is 29.3. The smallest absolute Gasteiger partial charge is 0.156 e. The van der Waals surface area contributed by atoms with Crippen molar-refractivity contribution in [1.29, 1.82) is 0 Å². The normalized spacial score (nSPS) is 12.2. The molecule has 8 aromatic carbocycles. The van der Waals surface area contributed by atoms with Gasteiger partial charge >= 0.3 is 0 Å². The van der Waals surface area contributed by atoms with Crippen molar-refractivity contribution in [3.05, 3.63) is 176 Å². The molecule has 0 radical (unpaired) electrons. The van der Waals surface area contributed by atoms with Crippen molar-refractivity contribution in [3.63, 3.8) is 0 Å². The van der Waals surface area contributed by atoms with Gasteiger partial charge in [0, 0.05) is 31.9 Å². The monoisotopic (exact) mass is 691 g/mol. The lowest BCUT2D eigenvalue weighted by molar-refractivity contribution is 1.18. The summed E-state index contributed by atoms with van der Waals surface area (Å²) in [6.45, 7) is 0. The second-order valence-corrected chi connectivity index (χ2v) is 15.0. The van der Waals surface area contributed by atoms with Gasteiger partial charge in [0.05, 0.1) is 32.5 Å². The maximum Gasteiger partial charge on any atom is 0.156 e. The summed E-state index contributed by atoms with van der Waals surface area (Å²) in [4.78, 5) is 5.36. The summed E-state index contributed by atoms with van der Waals surface area (Å²) in [7, 11) is 0. The van der Waals surface area contributed by atoms with Crippen LogP contribution in [0.1, 0.15) is 0 Å². The first-order valence-corrected chi connectivity index (χ1v) is 18.9. The molecule has 0 aliphatic rings. The van der Waals surface area contributed by atoms with Gasteiger partial charge in [0.15, 0.2) is 5.65 Å². The Hall–Kier alpha value is -6.75. The van der Waals surface area contributed by atoms with Crippen LogP contribution in [-0.4, -0.2) is 14.0 Å². The molecule has 4 aromatic heterocycles. The van der Waals surface area contributed by atoms with Gasteiger partial charge in [0.1, 0.15) is 0 Å². The number of fused-ring (bicyclic) bond motifs is 13. The molecule has 3 nitrogen and oxygen atoms in total. The maximum atomic E-state index is 5.36. The lowest BCUT2D eigenvalue weighted by Gasteiger charge is -2.11. The molecular weight excluding hydrogens is 663 g/mol. The van der Waals surface area contributed by atoms with E-state index in [1.54, 1.807) is 0 Å². The first-order chi connectivity index (χ1) is 26.3. The first kappa shape index (κ1) is 28.9. The minimum Gasteiger partial charge on any atom is -0.309 e. The molecule has 0 spiro atoms. The van der Waals surface area contributed by atoms with Crippen LogP contribution in [0.5, 0.6) is 0 Å². The topological polar surface area (TPSA) is 22.2 Å². The molecule has 0 unspecified atom stereocenters. The number of imidazole rings is 1. The maximum absolute atomic E-state index is 5.36. The summed E-state index contributed by atoms with van der Waals surface area (Å²) < 4.78 is 7.29. The molecule has 0 N–H and O–H groups in total. The molecule has 0 bridgehead atoms. The SMILES string of the molecule is c1ccc2cc3c(cc2c1)nc1c2sc4c5ccccc5ccc4c2cc(-c2ccc(-c4ccc(-n5c6ccccc6c6ccccc65)cc4)cc2)n31. The second kappa shape index (κ2) is 10.9. The summed E-state index contributed by atoms with van der Waals surface area (Å²) in [5, 5.41) is 10.1. The summed E-state index contributed by atoms with van der Waals surface area (Å²) in [5.74, 6) is 0. The number of nitrogens with zero attached hydrogens (tertiary/aromatic N) is 3. The van der Waals surface area contributed by atoms with Crippen LogP contribution in [0.25, 0.3) is 108 Å². The number of rotatable bonds is 3. The summed E-state index contributed by atoms with van der Waals surface area (Å²) >= 11 is 1.86. The molecule has 12 rings (SSSR count). The molecule has 0 saturated heterocycles. The van der Waals surface area contributed by atoms with Crippen LogP contribution in [0, 0.1) is 0 Å². The molecule has 12 aromatic rings. The molecule has 0 fully saturated rings. The molecule has 4 heterocycles. The van der Waals surface area contributed by atoms with Gasteiger partial charge in [-0.2, -0.15) is 0 Å². The fourth-order valence-electron chi connectivity index (χ4n) is 8.56. The van der Waals surface area contributed by atoms with E-state index in [4.69, 9.17) is 4.98 Å². The Labute approximate surface area is 308 Å². The highest BCUT2D eigenvalue weighted by molar-refractivity contribution is 7.27. The Morgan fingerprint density at radius 1 is 0.396 bits per heavy atom. The Bertz CT molecular complexity index is 3380. The van der Waals surface area contributed by atoms with Crippen LogP contribution in [0.4, 0.5) is 0 Å². The average molecular weight is 692 g/mol. The van der Waals surface area contributed by atoms with Crippen molar-refractivity contribution in [2.45, 2.75) is 0 Å². The van der Waals surface area contributed by atoms with Gasteiger partial charge < -0.3 is 4.57 Å². The third-order valence-electron chi connectivity index (χ3n) is 11.1. The highest BCUT2D eigenvalue weighted by atomic mass is 32.1. The Balaban J connectivity index is 1.02. The molecule has 0 saturated carbocycles. The third kappa shape index (κ3) is 4.18. The van der Waals surface area contributed by atoms with E-state index in [9.17, 15) is 0 Å². The summed E-state index contributed by atoms with van der Waals surface area (Å²) in [6.07, 6.45) is 0. The van der Waals surface area contributed by atoms with Crippen molar-refractivity contribution in [2.75, 3.05) is 0 Å². The molecule has 0 amide bonds. The third-order valence-corrected chi connectivity index (χ3v) is 12.3. The summed E-state index contributed by atoms with van der Waals surface area (Å²) in [6, 6.07) is 64.1. The van der Waals surface area contributed by atoms with Crippen LogP contribution in [0.3, 0.4) is 0 Å². The number of benzene rings is 8. The summed E-state index contributed by atoms with van der Waals surface area (Å²) in [5.41, 5.74) is 11.4. The van der Waals surface area contributed by atoms with Crippen LogP contribution in [-0.2, 0) is 0 Å².